The maximum Gasteiger partial charge on any atom is 0.211 e. The fourth-order valence-electron chi connectivity index (χ4n) is 1.69. The van der Waals surface area contributed by atoms with Crippen LogP contribution < -0.4 is 4.72 Å². The molecule has 19 heavy (non-hydrogen) atoms. The van der Waals surface area contributed by atoms with Crippen LogP contribution in [0.1, 0.15) is 18.7 Å². The number of thiophene rings is 1. The highest BCUT2D eigenvalue weighted by Gasteiger charge is 2.27. The van der Waals surface area contributed by atoms with Crippen LogP contribution in [-0.2, 0) is 15.6 Å². The van der Waals surface area contributed by atoms with E-state index in [0.29, 0.717) is 0 Å². The lowest BCUT2D eigenvalue weighted by atomic mass is 10.1. The topological polar surface area (TPSA) is 66.4 Å². The largest absolute Gasteiger partial charge is 0.383 e. The maximum absolute atomic E-state index is 11.4. The molecule has 1 aromatic heterocycles. The minimum absolute atomic E-state index is 0.00942. The first kappa shape index (κ1) is 14.5. The molecular weight excluding hydrogens is 282 g/mol. The summed E-state index contributed by atoms with van der Waals surface area (Å²) >= 11 is 1.48. The molecule has 0 amide bonds. The molecule has 1 heterocycles. The molecule has 6 heteroatoms. The molecule has 0 saturated heterocycles. The van der Waals surface area contributed by atoms with E-state index in [-0.39, 0.29) is 12.3 Å². The van der Waals surface area contributed by atoms with Gasteiger partial charge in [-0.1, -0.05) is 18.2 Å². The van der Waals surface area contributed by atoms with Crippen LogP contribution in [-0.4, -0.2) is 25.8 Å². The number of rotatable bonds is 5. The molecular formula is C13H17NO3S2. The van der Waals surface area contributed by atoms with Crippen molar-refractivity contribution in [1.29, 1.82) is 0 Å². The van der Waals surface area contributed by atoms with Crippen LogP contribution in [0.2, 0.25) is 0 Å². The van der Waals surface area contributed by atoms with Gasteiger partial charge >= 0.3 is 0 Å². The maximum atomic E-state index is 11.4. The lowest BCUT2D eigenvalue weighted by Gasteiger charge is -2.22. The summed E-state index contributed by atoms with van der Waals surface area (Å²) in [5.74, 6) is 0.00942. The Morgan fingerprint density at radius 1 is 1.37 bits per heavy atom. The van der Waals surface area contributed by atoms with Gasteiger partial charge in [-0.3, -0.25) is 0 Å². The summed E-state index contributed by atoms with van der Waals surface area (Å²) in [5, 5.41) is 11.5. The second-order valence-corrected chi connectivity index (χ2v) is 7.83. The number of hydrogen-bond acceptors (Lipinski definition) is 4. The van der Waals surface area contributed by atoms with Crippen LogP contribution >= 0.6 is 11.3 Å². The fourth-order valence-corrected chi connectivity index (χ4v) is 3.50. The zero-order valence-electron chi connectivity index (χ0n) is 10.9. The molecule has 104 valence electrons. The lowest BCUT2D eigenvalue weighted by molar-refractivity contribution is 0.0667. The van der Waals surface area contributed by atoms with Crippen molar-refractivity contribution >= 4 is 31.4 Å². The molecule has 2 N–H and O–H groups in total. The Labute approximate surface area is 117 Å². The van der Waals surface area contributed by atoms with Gasteiger partial charge in [0, 0.05) is 16.1 Å². The second-order valence-electron chi connectivity index (χ2n) is 4.65. The molecule has 0 unspecified atom stereocenters. The zero-order chi connectivity index (χ0) is 14.1. The van der Waals surface area contributed by atoms with Crippen molar-refractivity contribution in [2.45, 2.75) is 19.4 Å². The summed E-state index contributed by atoms with van der Waals surface area (Å²) in [6.45, 7) is 3.17. The lowest BCUT2D eigenvalue weighted by Crippen LogP contribution is -2.38. The molecule has 0 spiro atoms. The molecule has 2 rings (SSSR count). The summed E-state index contributed by atoms with van der Waals surface area (Å²) in [7, 11) is -3.30. The van der Waals surface area contributed by atoms with Crippen molar-refractivity contribution in [3.63, 3.8) is 0 Å². The molecule has 1 atom stereocenters. The predicted octanol–water partition coefficient (Wildman–Crippen LogP) is 2.05. The highest BCUT2D eigenvalue weighted by atomic mass is 32.2. The van der Waals surface area contributed by atoms with Crippen LogP contribution in [0.5, 0.6) is 0 Å². The smallest absolute Gasteiger partial charge is 0.211 e. The molecule has 0 radical (unpaired) electrons. The quantitative estimate of drug-likeness (QED) is 0.888. The Morgan fingerprint density at radius 2 is 2.05 bits per heavy atom. The van der Waals surface area contributed by atoms with Gasteiger partial charge in [0.2, 0.25) is 10.0 Å². The van der Waals surface area contributed by atoms with Gasteiger partial charge in [-0.15, -0.1) is 11.3 Å². The van der Waals surface area contributed by atoms with E-state index in [4.69, 9.17) is 0 Å². The number of nitrogens with one attached hydrogen (secondary N) is 1. The minimum atomic E-state index is -3.30. The van der Waals surface area contributed by atoms with E-state index >= 15 is 0 Å². The van der Waals surface area contributed by atoms with E-state index in [9.17, 15) is 13.5 Å². The Bertz CT molecular complexity index is 641. The van der Waals surface area contributed by atoms with E-state index in [1.54, 1.807) is 13.8 Å². The summed E-state index contributed by atoms with van der Waals surface area (Å²) in [5.41, 5.74) is -1.20. The van der Waals surface area contributed by atoms with Gasteiger partial charge < -0.3 is 5.11 Å². The van der Waals surface area contributed by atoms with Crippen LogP contribution in [0, 0.1) is 0 Å². The van der Waals surface area contributed by atoms with Crippen molar-refractivity contribution in [3.8, 4) is 0 Å². The van der Waals surface area contributed by atoms with Crippen LogP contribution in [0.15, 0.2) is 30.3 Å². The van der Waals surface area contributed by atoms with Crippen LogP contribution in [0.3, 0.4) is 0 Å². The number of sulfonamides is 1. The normalized spacial score (nSPS) is 15.5. The Kier molecular flexibility index (Phi) is 3.96. The first-order chi connectivity index (χ1) is 8.84. The van der Waals surface area contributed by atoms with Crippen molar-refractivity contribution in [3.05, 3.63) is 35.2 Å². The first-order valence-corrected chi connectivity index (χ1v) is 8.50. The molecule has 0 aliphatic heterocycles. The van der Waals surface area contributed by atoms with E-state index in [2.05, 4.69) is 4.72 Å². The average molecular weight is 299 g/mol. The Balaban J connectivity index is 2.23. The van der Waals surface area contributed by atoms with E-state index in [1.807, 2.05) is 30.3 Å². The van der Waals surface area contributed by atoms with Crippen molar-refractivity contribution in [1.82, 2.24) is 4.72 Å². The average Bonchev–Trinajstić information content (AvgIpc) is 2.81. The van der Waals surface area contributed by atoms with E-state index in [0.717, 1.165) is 15.0 Å². The summed E-state index contributed by atoms with van der Waals surface area (Å²) in [6.07, 6.45) is 0. The molecule has 0 aliphatic rings. The van der Waals surface area contributed by atoms with Gasteiger partial charge in [-0.05, 0) is 31.4 Å². The first-order valence-electron chi connectivity index (χ1n) is 6.03. The van der Waals surface area contributed by atoms with Crippen molar-refractivity contribution < 1.29 is 13.5 Å². The molecule has 1 aromatic carbocycles. The predicted molar refractivity (Wildman–Crippen MR) is 78.9 cm³/mol. The molecule has 0 fully saturated rings. The van der Waals surface area contributed by atoms with Gasteiger partial charge in [-0.2, -0.15) is 0 Å². The standard InChI is InChI=1S/C13H17NO3S2/c1-3-19(16,17)14-9-13(2,15)12-8-10-6-4-5-7-11(10)18-12/h4-8,14-15H,3,9H2,1-2H3/t13-/m0/s1. The molecule has 0 saturated carbocycles. The highest BCUT2D eigenvalue weighted by Crippen LogP contribution is 2.32. The fraction of sp³-hybridized carbons (Fsp3) is 0.385. The third-order valence-corrected chi connectivity index (χ3v) is 5.69. The summed E-state index contributed by atoms with van der Waals surface area (Å²) in [6, 6.07) is 9.74. The third kappa shape index (κ3) is 3.33. The monoisotopic (exact) mass is 299 g/mol. The molecule has 2 aromatic rings. The van der Waals surface area contributed by atoms with E-state index < -0.39 is 15.6 Å². The number of fused-ring (bicyclic) bond motifs is 1. The number of hydrogen-bond donors (Lipinski definition) is 2. The van der Waals surface area contributed by atoms with Crippen molar-refractivity contribution in [2.24, 2.45) is 0 Å². The highest BCUT2D eigenvalue weighted by molar-refractivity contribution is 7.89. The van der Waals surface area contributed by atoms with Gasteiger partial charge in [0.05, 0.1) is 5.75 Å². The summed E-state index contributed by atoms with van der Waals surface area (Å²) < 4.78 is 26.4. The Hall–Kier alpha value is -0.950. The molecule has 0 aliphatic carbocycles. The summed E-state index contributed by atoms with van der Waals surface area (Å²) in [4.78, 5) is 0.757. The van der Waals surface area contributed by atoms with Gasteiger partial charge in [-0.25, -0.2) is 13.1 Å². The van der Waals surface area contributed by atoms with Gasteiger partial charge in [0.25, 0.3) is 0 Å². The van der Waals surface area contributed by atoms with Crippen LogP contribution in [0.25, 0.3) is 10.1 Å². The van der Waals surface area contributed by atoms with E-state index in [1.165, 1.54) is 11.3 Å². The van der Waals surface area contributed by atoms with Crippen LogP contribution in [0.4, 0.5) is 0 Å². The zero-order valence-corrected chi connectivity index (χ0v) is 12.5. The second kappa shape index (κ2) is 5.20. The van der Waals surface area contributed by atoms with Crippen molar-refractivity contribution in [2.75, 3.05) is 12.3 Å². The molecule has 0 bridgehead atoms. The molecule has 4 nitrogen and oxygen atoms in total. The number of benzene rings is 1. The Morgan fingerprint density at radius 3 is 2.68 bits per heavy atom. The third-order valence-electron chi connectivity index (χ3n) is 2.97. The SMILES string of the molecule is CCS(=O)(=O)NC[C@](C)(O)c1cc2ccccc2s1. The minimum Gasteiger partial charge on any atom is -0.383 e. The van der Waals surface area contributed by atoms with Gasteiger partial charge in [0.15, 0.2) is 0 Å². The number of aliphatic hydroxyl groups is 1. The van der Waals surface area contributed by atoms with Gasteiger partial charge in [0.1, 0.15) is 5.60 Å².